The van der Waals surface area contributed by atoms with Gasteiger partial charge in [-0.1, -0.05) is 24.6 Å². The van der Waals surface area contributed by atoms with Gasteiger partial charge in [-0.15, -0.1) is 0 Å². The second kappa shape index (κ2) is 8.28. The standard InChI is InChI=1S/C17H30N2O/c1-5-17(14-20,18-4)12-7-13-19(6-2)16-10-8-15(3)9-11-16/h8-11,18,20H,5-7,12-14H2,1-4H3. The molecule has 0 heterocycles. The summed E-state index contributed by atoms with van der Waals surface area (Å²) in [6.45, 7) is 8.69. The number of likely N-dealkylation sites (N-methyl/N-ethyl adjacent to an activating group) is 1. The molecule has 3 nitrogen and oxygen atoms in total. The van der Waals surface area contributed by atoms with Gasteiger partial charge in [-0.2, -0.15) is 0 Å². The smallest absolute Gasteiger partial charge is 0.0613 e. The van der Waals surface area contributed by atoms with Crippen molar-refractivity contribution < 1.29 is 5.11 Å². The highest BCUT2D eigenvalue weighted by Crippen LogP contribution is 2.19. The van der Waals surface area contributed by atoms with Crippen LogP contribution in [-0.2, 0) is 0 Å². The van der Waals surface area contributed by atoms with E-state index < -0.39 is 0 Å². The summed E-state index contributed by atoms with van der Waals surface area (Å²) in [4.78, 5) is 2.40. The number of aryl methyl sites for hydroxylation is 1. The number of hydrogen-bond donors (Lipinski definition) is 2. The maximum Gasteiger partial charge on any atom is 0.0613 e. The van der Waals surface area contributed by atoms with E-state index in [1.54, 1.807) is 0 Å². The molecule has 2 N–H and O–H groups in total. The summed E-state index contributed by atoms with van der Waals surface area (Å²) in [7, 11) is 1.94. The zero-order chi connectivity index (χ0) is 15.0. The normalized spacial score (nSPS) is 14.1. The molecule has 1 unspecified atom stereocenters. The van der Waals surface area contributed by atoms with Crippen molar-refractivity contribution >= 4 is 5.69 Å². The summed E-state index contributed by atoms with van der Waals surface area (Å²) in [5, 5.41) is 12.9. The van der Waals surface area contributed by atoms with E-state index in [2.05, 4.69) is 55.3 Å². The van der Waals surface area contributed by atoms with Crippen LogP contribution in [0.4, 0.5) is 5.69 Å². The summed E-state index contributed by atoms with van der Waals surface area (Å²) in [6, 6.07) is 8.71. The number of aliphatic hydroxyl groups is 1. The van der Waals surface area contributed by atoms with Crippen molar-refractivity contribution in [2.75, 3.05) is 31.6 Å². The Hall–Kier alpha value is -1.06. The zero-order valence-electron chi connectivity index (χ0n) is 13.4. The third-order valence-corrected chi connectivity index (χ3v) is 4.37. The summed E-state index contributed by atoms with van der Waals surface area (Å²) in [6.07, 6.45) is 3.03. The van der Waals surface area contributed by atoms with Crippen molar-refractivity contribution in [2.24, 2.45) is 0 Å². The van der Waals surface area contributed by atoms with E-state index in [1.807, 2.05) is 7.05 Å². The number of hydrogen-bond acceptors (Lipinski definition) is 3. The first-order valence-corrected chi connectivity index (χ1v) is 7.72. The van der Waals surface area contributed by atoms with Crippen LogP contribution >= 0.6 is 0 Å². The van der Waals surface area contributed by atoms with Crippen LogP contribution < -0.4 is 10.2 Å². The Labute approximate surface area is 124 Å². The number of aliphatic hydroxyl groups excluding tert-OH is 1. The second-order valence-corrected chi connectivity index (χ2v) is 5.56. The van der Waals surface area contributed by atoms with Gasteiger partial charge < -0.3 is 15.3 Å². The minimum absolute atomic E-state index is 0.118. The van der Waals surface area contributed by atoms with Gasteiger partial charge in [-0.3, -0.25) is 0 Å². The van der Waals surface area contributed by atoms with Crippen LogP contribution in [0.15, 0.2) is 24.3 Å². The molecule has 1 aromatic carbocycles. The van der Waals surface area contributed by atoms with Gasteiger partial charge in [0.25, 0.3) is 0 Å². The molecular formula is C17H30N2O. The molecule has 1 rings (SSSR count). The van der Waals surface area contributed by atoms with Crippen molar-refractivity contribution in [2.45, 2.75) is 45.6 Å². The minimum atomic E-state index is -0.118. The number of benzene rings is 1. The first-order chi connectivity index (χ1) is 9.60. The summed E-state index contributed by atoms with van der Waals surface area (Å²) in [5.41, 5.74) is 2.46. The van der Waals surface area contributed by atoms with Crippen LogP contribution in [0.1, 0.15) is 38.7 Å². The molecular weight excluding hydrogens is 248 g/mol. The van der Waals surface area contributed by atoms with E-state index in [9.17, 15) is 5.11 Å². The number of anilines is 1. The molecule has 0 fully saturated rings. The Morgan fingerprint density at radius 3 is 2.30 bits per heavy atom. The summed E-state index contributed by atoms with van der Waals surface area (Å²) < 4.78 is 0. The fraction of sp³-hybridized carbons (Fsp3) is 0.647. The molecule has 3 heteroatoms. The van der Waals surface area contributed by atoms with Crippen LogP contribution in [0.5, 0.6) is 0 Å². The lowest BCUT2D eigenvalue weighted by Crippen LogP contribution is -2.46. The van der Waals surface area contributed by atoms with E-state index in [0.717, 1.165) is 32.4 Å². The van der Waals surface area contributed by atoms with Crippen LogP contribution in [-0.4, -0.2) is 37.4 Å². The molecule has 0 bridgehead atoms. The Morgan fingerprint density at radius 2 is 1.85 bits per heavy atom. The number of nitrogens with one attached hydrogen (secondary N) is 1. The predicted molar refractivity (Wildman–Crippen MR) is 87.5 cm³/mol. The zero-order valence-corrected chi connectivity index (χ0v) is 13.4. The topological polar surface area (TPSA) is 35.5 Å². The van der Waals surface area contributed by atoms with Gasteiger partial charge in [0.2, 0.25) is 0 Å². The fourth-order valence-corrected chi connectivity index (χ4v) is 2.58. The largest absolute Gasteiger partial charge is 0.394 e. The molecule has 0 spiro atoms. The molecule has 0 aromatic heterocycles. The summed E-state index contributed by atoms with van der Waals surface area (Å²) in [5.74, 6) is 0. The lowest BCUT2D eigenvalue weighted by molar-refractivity contribution is 0.153. The molecule has 1 atom stereocenters. The van der Waals surface area contributed by atoms with Gasteiger partial charge in [0.1, 0.15) is 0 Å². The van der Waals surface area contributed by atoms with Crippen molar-refractivity contribution in [1.82, 2.24) is 5.32 Å². The number of rotatable bonds is 9. The van der Waals surface area contributed by atoms with Crippen molar-refractivity contribution in [3.05, 3.63) is 29.8 Å². The van der Waals surface area contributed by atoms with E-state index in [0.29, 0.717) is 0 Å². The Bertz CT molecular complexity index is 363. The summed E-state index contributed by atoms with van der Waals surface area (Å²) >= 11 is 0. The van der Waals surface area contributed by atoms with Crippen LogP contribution in [0.25, 0.3) is 0 Å². The third-order valence-electron chi connectivity index (χ3n) is 4.37. The molecule has 0 radical (unpaired) electrons. The van der Waals surface area contributed by atoms with Gasteiger partial charge in [-0.05, 0) is 52.3 Å². The average Bonchev–Trinajstić information content (AvgIpc) is 2.50. The molecule has 1 aromatic rings. The Kier molecular flexibility index (Phi) is 7.03. The molecule has 0 aliphatic heterocycles. The highest BCUT2D eigenvalue weighted by atomic mass is 16.3. The van der Waals surface area contributed by atoms with Crippen molar-refractivity contribution in [1.29, 1.82) is 0 Å². The SMILES string of the molecule is CCN(CCCC(CC)(CO)NC)c1ccc(C)cc1. The molecule has 20 heavy (non-hydrogen) atoms. The monoisotopic (exact) mass is 278 g/mol. The van der Waals surface area contributed by atoms with E-state index in [4.69, 9.17) is 0 Å². The van der Waals surface area contributed by atoms with E-state index in [-0.39, 0.29) is 12.1 Å². The molecule has 0 aliphatic carbocycles. The third kappa shape index (κ3) is 4.50. The maximum atomic E-state index is 9.57. The molecule has 0 saturated carbocycles. The molecule has 0 amide bonds. The highest BCUT2D eigenvalue weighted by Gasteiger charge is 2.24. The van der Waals surface area contributed by atoms with E-state index >= 15 is 0 Å². The van der Waals surface area contributed by atoms with E-state index in [1.165, 1.54) is 11.3 Å². The molecule has 0 aliphatic rings. The Morgan fingerprint density at radius 1 is 1.20 bits per heavy atom. The van der Waals surface area contributed by atoms with Gasteiger partial charge in [0.15, 0.2) is 0 Å². The quantitative estimate of drug-likeness (QED) is 0.729. The fourth-order valence-electron chi connectivity index (χ4n) is 2.58. The van der Waals surface area contributed by atoms with Crippen molar-refractivity contribution in [3.63, 3.8) is 0 Å². The average molecular weight is 278 g/mol. The molecule has 0 saturated heterocycles. The maximum absolute atomic E-state index is 9.57. The van der Waals surface area contributed by atoms with Crippen LogP contribution in [0, 0.1) is 6.92 Å². The lowest BCUT2D eigenvalue weighted by Gasteiger charge is -2.32. The lowest BCUT2D eigenvalue weighted by atomic mass is 9.91. The molecule has 114 valence electrons. The first kappa shape index (κ1) is 17.0. The predicted octanol–water partition coefficient (Wildman–Crippen LogP) is 2.96. The first-order valence-electron chi connectivity index (χ1n) is 7.72. The van der Waals surface area contributed by atoms with Gasteiger partial charge in [0.05, 0.1) is 6.61 Å². The van der Waals surface area contributed by atoms with Gasteiger partial charge >= 0.3 is 0 Å². The highest BCUT2D eigenvalue weighted by molar-refractivity contribution is 5.47. The van der Waals surface area contributed by atoms with Crippen LogP contribution in [0.3, 0.4) is 0 Å². The minimum Gasteiger partial charge on any atom is -0.394 e. The van der Waals surface area contributed by atoms with Crippen LogP contribution in [0.2, 0.25) is 0 Å². The van der Waals surface area contributed by atoms with Crippen molar-refractivity contribution in [3.8, 4) is 0 Å². The second-order valence-electron chi connectivity index (χ2n) is 5.56. The number of nitrogens with zero attached hydrogens (tertiary/aromatic N) is 1. The Balaban J connectivity index is 2.55. The van der Waals surface area contributed by atoms with Gasteiger partial charge in [0, 0.05) is 24.3 Å². The van der Waals surface area contributed by atoms with Gasteiger partial charge in [-0.25, -0.2) is 0 Å².